The minimum atomic E-state index is -4.42. The summed E-state index contributed by atoms with van der Waals surface area (Å²) in [4.78, 5) is 11.6. The Labute approximate surface area is 142 Å². The van der Waals surface area contributed by atoms with Gasteiger partial charge in [0.25, 0.3) is 0 Å². The molecule has 2 rings (SSSR count). The van der Waals surface area contributed by atoms with Crippen LogP contribution in [-0.4, -0.2) is 25.4 Å². The van der Waals surface area contributed by atoms with Crippen molar-refractivity contribution in [1.29, 1.82) is 0 Å². The molecule has 24 heavy (non-hydrogen) atoms. The summed E-state index contributed by atoms with van der Waals surface area (Å²) in [5.74, 6) is -0.566. The van der Waals surface area contributed by atoms with Gasteiger partial charge in [-0.2, -0.15) is 13.2 Å². The van der Waals surface area contributed by atoms with E-state index in [9.17, 15) is 18.0 Å². The molecule has 2 aromatic rings. The van der Waals surface area contributed by atoms with E-state index in [1.165, 1.54) is 0 Å². The maximum Gasteiger partial charge on any atom is 0.411 e. The summed E-state index contributed by atoms with van der Waals surface area (Å²) >= 11 is 6.09. The van der Waals surface area contributed by atoms with Crippen molar-refractivity contribution in [3.63, 3.8) is 0 Å². The van der Waals surface area contributed by atoms with E-state index in [2.05, 4.69) is 4.74 Å². The van der Waals surface area contributed by atoms with E-state index in [0.717, 1.165) is 11.1 Å². The highest BCUT2D eigenvalue weighted by Crippen LogP contribution is 2.30. The van der Waals surface area contributed by atoms with Crippen LogP contribution in [0.5, 0.6) is 5.75 Å². The average Bonchev–Trinajstić information content (AvgIpc) is 2.53. The Morgan fingerprint density at radius 1 is 1.04 bits per heavy atom. The first-order valence-corrected chi connectivity index (χ1v) is 7.43. The van der Waals surface area contributed by atoms with Crippen molar-refractivity contribution in [2.24, 2.45) is 0 Å². The number of carbonyl (C=O) groups excluding carboxylic acids is 1. The number of hydrogen-bond donors (Lipinski definition) is 0. The standard InChI is InChI=1S/C17H14ClF3O3/c18-14-10-13(12-4-2-1-3-5-12)6-7-15(14)24-16(22)8-9-23-11-17(19,20)21/h1-7,10H,8-9,11H2. The second-order valence-corrected chi connectivity index (χ2v) is 5.31. The summed E-state index contributed by atoms with van der Waals surface area (Å²) in [6.45, 7) is -1.77. The number of esters is 1. The molecule has 0 spiro atoms. The van der Waals surface area contributed by atoms with Gasteiger partial charge >= 0.3 is 12.1 Å². The molecule has 0 aliphatic carbocycles. The highest BCUT2D eigenvalue weighted by molar-refractivity contribution is 6.32. The highest BCUT2D eigenvalue weighted by atomic mass is 35.5. The van der Waals surface area contributed by atoms with Crippen LogP contribution < -0.4 is 4.74 Å². The number of rotatable bonds is 6. The zero-order valence-electron chi connectivity index (χ0n) is 12.5. The van der Waals surface area contributed by atoms with Gasteiger partial charge in [0, 0.05) is 0 Å². The largest absolute Gasteiger partial charge is 0.425 e. The van der Waals surface area contributed by atoms with Crippen molar-refractivity contribution in [1.82, 2.24) is 0 Å². The molecule has 0 unspecified atom stereocenters. The average molecular weight is 359 g/mol. The fourth-order valence-electron chi connectivity index (χ4n) is 1.91. The van der Waals surface area contributed by atoms with E-state index in [1.54, 1.807) is 18.2 Å². The first kappa shape index (κ1) is 18.3. The molecule has 3 nitrogen and oxygen atoms in total. The lowest BCUT2D eigenvalue weighted by Gasteiger charge is -2.09. The first-order valence-electron chi connectivity index (χ1n) is 7.05. The van der Waals surface area contributed by atoms with E-state index in [1.807, 2.05) is 30.3 Å². The van der Waals surface area contributed by atoms with Crippen LogP contribution in [0.25, 0.3) is 11.1 Å². The zero-order valence-corrected chi connectivity index (χ0v) is 13.2. The Balaban J connectivity index is 1.90. The third-order valence-corrected chi connectivity index (χ3v) is 3.27. The minimum Gasteiger partial charge on any atom is -0.425 e. The first-order chi connectivity index (χ1) is 11.3. The second kappa shape index (κ2) is 8.17. The van der Waals surface area contributed by atoms with Crippen LogP contribution in [0.3, 0.4) is 0 Å². The van der Waals surface area contributed by atoms with E-state index < -0.39 is 18.8 Å². The molecule has 7 heteroatoms. The predicted octanol–water partition coefficient (Wildman–Crippen LogP) is 4.88. The highest BCUT2D eigenvalue weighted by Gasteiger charge is 2.27. The summed E-state index contributed by atoms with van der Waals surface area (Å²) < 4.78 is 45.1. The topological polar surface area (TPSA) is 35.5 Å². The van der Waals surface area contributed by atoms with Gasteiger partial charge in [0.15, 0.2) is 0 Å². The van der Waals surface area contributed by atoms with Crippen LogP contribution in [0.15, 0.2) is 48.5 Å². The lowest BCUT2D eigenvalue weighted by atomic mass is 10.1. The quantitative estimate of drug-likeness (QED) is 0.419. The van der Waals surface area contributed by atoms with Crippen molar-refractivity contribution in [2.45, 2.75) is 12.6 Å². The minimum absolute atomic E-state index is 0.150. The monoisotopic (exact) mass is 358 g/mol. The van der Waals surface area contributed by atoms with Crippen LogP contribution in [0, 0.1) is 0 Å². The summed E-state index contributed by atoms with van der Waals surface area (Å²) in [6.07, 6.45) is -4.71. The molecule has 0 aliphatic heterocycles. The number of carbonyl (C=O) groups is 1. The Bertz CT molecular complexity index is 687. The summed E-state index contributed by atoms with van der Waals surface area (Å²) in [5, 5.41) is 0.237. The van der Waals surface area contributed by atoms with E-state index in [0.29, 0.717) is 0 Å². The Morgan fingerprint density at radius 2 is 1.75 bits per heavy atom. The van der Waals surface area contributed by atoms with Gasteiger partial charge in [-0.25, -0.2) is 0 Å². The van der Waals surface area contributed by atoms with Crippen LogP contribution >= 0.6 is 11.6 Å². The molecule has 0 saturated carbocycles. The van der Waals surface area contributed by atoms with Crippen LogP contribution in [0.4, 0.5) is 13.2 Å². The third kappa shape index (κ3) is 5.86. The van der Waals surface area contributed by atoms with Gasteiger partial charge in [0.1, 0.15) is 12.4 Å². The molecular formula is C17H14ClF3O3. The lowest BCUT2D eigenvalue weighted by molar-refractivity contribution is -0.175. The smallest absolute Gasteiger partial charge is 0.411 e. The molecule has 2 aromatic carbocycles. The van der Waals surface area contributed by atoms with Gasteiger partial charge in [0.05, 0.1) is 18.1 Å². The molecule has 0 amide bonds. The number of alkyl halides is 3. The van der Waals surface area contributed by atoms with Gasteiger partial charge in [-0.3, -0.25) is 4.79 Å². The molecule has 0 aliphatic rings. The van der Waals surface area contributed by atoms with Gasteiger partial charge in [-0.1, -0.05) is 48.0 Å². The number of halogens is 4. The Hall–Kier alpha value is -2.05. The second-order valence-electron chi connectivity index (χ2n) is 4.90. The van der Waals surface area contributed by atoms with Crippen molar-refractivity contribution in [3.05, 3.63) is 53.6 Å². The number of hydrogen-bond acceptors (Lipinski definition) is 3. The molecule has 128 valence electrons. The molecule has 0 aromatic heterocycles. The lowest BCUT2D eigenvalue weighted by Crippen LogP contribution is -2.19. The number of ether oxygens (including phenoxy) is 2. The Kier molecular flexibility index (Phi) is 6.23. The van der Waals surface area contributed by atoms with Crippen LogP contribution in [0.1, 0.15) is 6.42 Å². The van der Waals surface area contributed by atoms with Crippen LogP contribution in [-0.2, 0) is 9.53 Å². The SMILES string of the molecule is O=C(CCOCC(F)(F)F)Oc1ccc(-c2ccccc2)cc1Cl. The molecule has 0 radical (unpaired) electrons. The fourth-order valence-corrected chi connectivity index (χ4v) is 2.13. The van der Waals surface area contributed by atoms with Crippen molar-refractivity contribution >= 4 is 17.6 Å². The molecule has 0 bridgehead atoms. The number of benzene rings is 2. The molecule has 0 fully saturated rings. The molecule has 0 atom stereocenters. The Morgan fingerprint density at radius 3 is 2.38 bits per heavy atom. The van der Waals surface area contributed by atoms with E-state index in [-0.39, 0.29) is 23.8 Å². The summed E-state index contributed by atoms with van der Waals surface area (Å²) in [7, 11) is 0. The zero-order chi connectivity index (χ0) is 17.6. The molecule has 0 N–H and O–H groups in total. The van der Waals surface area contributed by atoms with Gasteiger partial charge in [-0.05, 0) is 23.3 Å². The summed E-state index contributed by atoms with van der Waals surface area (Å²) in [6, 6.07) is 14.4. The van der Waals surface area contributed by atoms with E-state index in [4.69, 9.17) is 16.3 Å². The molecular weight excluding hydrogens is 345 g/mol. The molecule has 0 saturated heterocycles. The van der Waals surface area contributed by atoms with Gasteiger partial charge < -0.3 is 9.47 Å². The van der Waals surface area contributed by atoms with E-state index >= 15 is 0 Å². The third-order valence-electron chi connectivity index (χ3n) is 2.98. The van der Waals surface area contributed by atoms with Crippen LogP contribution in [0.2, 0.25) is 5.02 Å². The van der Waals surface area contributed by atoms with Crippen molar-refractivity contribution in [2.75, 3.05) is 13.2 Å². The maximum absolute atomic E-state index is 11.9. The maximum atomic E-state index is 11.9. The fraction of sp³-hybridized carbons (Fsp3) is 0.235. The van der Waals surface area contributed by atoms with Gasteiger partial charge in [-0.15, -0.1) is 0 Å². The van der Waals surface area contributed by atoms with Crippen molar-refractivity contribution < 1.29 is 27.4 Å². The molecule has 0 heterocycles. The normalized spacial score (nSPS) is 11.3. The van der Waals surface area contributed by atoms with Crippen molar-refractivity contribution in [3.8, 4) is 16.9 Å². The predicted molar refractivity (Wildman–Crippen MR) is 84.0 cm³/mol. The summed E-state index contributed by atoms with van der Waals surface area (Å²) in [5.41, 5.74) is 1.81. The van der Waals surface area contributed by atoms with Gasteiger partial charge in [0.2, 0.25) is 0 Å².